The fourth-order valence-corrected chi connectivity index (χ4v) is 2.33. The molecule has 1 heterocycles. The van der Waals surface area contributed by atoms with E-state index in [9.17, 15) is 4.79 Å². The van der Waals surface area contributed by atoms with Gasteiger partial charge in [0, 0.05) is 39.7 Å². The monoisotopic (exact) mass is 263 g/mol. The number of nitrogens with zero attached hydrogens (tertiary/aromatic N) is 2. The first kappa shape index (κ1) is 13.7. The van der Waals surface area contributed by atoms with Gasteiger partial charge >= 0.3 is 6.03 Å². The SMILES string of the molecule is CN(C)c1ccccc1NC(=O)N1CCC(CO)C1. The molecule has 1 aliphatic heterocycles. The quantitative estimate of drug-likeness (QED) is 0.871. The molecule has 0 radical (unpaired) electrons. The zero-order valence-corrected chi connectivity index (χ0v) is 11.5. The van der Waals surface area contributed by atoms with E-state index >= 15 is 0 Å². The van der Waals surface area contributed by atoms with Crippen molar-refractivity contribution in [1.29, 1.82) is 0 Å². The number of urea groups is 1. The van der Waals surface area contributed by atoms with Crippen molar-refractivity contribution in [2.24, 2.45) is 5.92 Å². The highest BCUT2D eigenvalue weighted by atomic mass is 16.3. The molecule has 104 valence electrons. The number of nitrogens with one attached hydrogen (secondary N) is 1. The molecule has 1 aromatic carbocycles. The molecule has 0 spiro atoms. The van der Waals surface area contributed by atoms with Gasteiger partial charge in [-0.1, -0.05) is 12.1 Å². The van der Waals surface area contributed by atoms with Crippen molar-refractivity contribution >= 4 is 17.4 Å². The minimum absolute atomic E-state index is 0.0924. The number of carbonyl (C=O) groups excluding carboxylic acids is 1. The second-order valence-corrected chi connectivity index (χ2v) is 5.13. The van der Waals surface area contributed by atoms with Crippen molar-refractivity contribution in [3.63, 3.8) is 0 Å². The summed E-state index contributed by atoms with van der Waals surface area (Å²) >= 11 is 0. The molecule has 5 heteroatoms. The zero-order valence-electron chi connectivity index (χ0n) is 11.5. The Bertz CT molecular complexity index is 448. The Labute approximate surface area is 113 Å². The van der Waals surface area contributed by atoms with E-state index in [1.807, 2.05) is 43.3 Å². The Morgan fingerprint density at radius 2 is 2.21 bits per heavy atom. The van der Waals surface area contributed by atoms with Crippen LogP contribution in [0, 0.1) is 5.92 Å². The highest BCUT2D eigenvalue weighted by Crippen LogP contribution is 2.24. The molecule has 1 atom stereocenters. The predicted octanol–water partition coefficient (Wildman–Crippen LogP) is 1.60. The van der Waals surface area contributed by atoms with Gasteiger partial charge in [-0.15, -0.1) is 0 Å². The van der Waals surface area contributed by atoms with Crippen LogP contribution in [0.5, 0.6) is 0 Å². The molecule has 0 bridgehead atoms. The minimum Gasteiger partial charge on any atom is -0.396 e. The third kappa shape index (κ3) is 3.17. The van der Waals surface area contributed by atoms with E-state index in [2.05, 4.69) is 5.32 Å². The lowest BCUT2D eigenvalue weighted by atomic mass is 10.1. The van der Waals surface area contributed by atoms with E-state index in [0.717, 1.165) is 17.8 Å². The van der Waals surface area contributed by atoms with E-state index in [0.29, 0.717) is 13.1 Å². The van der Waals surface area contributed by atoms with E-state index in [1.54, 1.807) is 4.90 Å². The molecule has 1 fully saturated rings. The maximum Gasteiger partial charge on any atom is 0.321 e. The summed E-state index contributed by atoms with van der Waals surface area (Å²) in [6, 6.07) is 7.62. The lowest BCUT2D eigenvalue weighted by molar-refractivity contribution is 0.209. The van der Waals surface area contributed by atoms with Gasteiger partial charge in [0.05, 0.1) is 11.4 Å². The Kier molecular flexibility index (Phi) is 4.27. The Morgan fingerprint density at radius 3 is 2.84 bits per heavy atom. The van der Waals surface area contributed by atoms with E-state index in [4.69, 9.17) is 5.11 Å². The summed E-state index contributed by atoms with van der Waals surface area (Å²) in [4.78, 5) is 15.9. The summed E-state index contributed by atoms with van der Waals surface area (Å²) < 4.78 is 0. The van der Waals surface area contributed by atoms with Crippen molar-refractivity contribution in [1.82, 2.24) is 4.90 Å². The standard InChI is InChI=1S/C14H21N3O2/c1-16(2)13-6-4-3-5-12(13)15-14(19)17-8-7-11(9-17)10-18/h3-6,11,18H,7-10H2,1-2H3,(H,15,19). The Hall–Kier alpha value is -1.75. The van der Waals surface area contributed by atoms with Crippen LogP contribution in [0.2, 0.25) is 0 Å². The van der Waals surface area contributed by atoms with Crippen LogP contribution in [0.4, 0.5) is 16.2 Å². The van der Waals surface area contributed by atoms with Gasteiger partial charge in [0.2, 0.25) is 0 Å². The van der Waals surface area contributed by atoms with Gasteiger partial charge in [0.15, 0.2) is 0 Å². The third-order valence-corrected chi connectivity index (χ3v) is 3.46. The molecule has 5 nitrogen and oxygen atoms in total. The first-order valence-electron chi connectivity index (χ1n) is 6.55. The molecule has 2 rings (SSSR count). The zero-order chi connectivity index (χ0) is 13.8. The number of anilines is 2. The summed E-state index contributed by atoms with van der Waals surface area (Å²) in [5.41, 5.74) is 1.79. The van der Waals surface area contributed by atoms with Crippen LogP contribution in [0.25, 0.3) is 0 Å². The van der Waals surface area contributed by atoms with Crippen molar-refractivity contribution in [3.8, 4) is 0 Å². The molecule has 0 saturated carbocycles. The lowest BCUT2D eigenvalue weighted by Crippen LogP contribution is -2.33. The van der Waals surface area contributed by atoms with Crippen molar-refractivity contribution < 1.29 is 9.90 Å². The number of hydrogen-bond acceptors (Lipinski definition) is 3. The lowest BCUT2D eigenvalue weighted by Gasteiger charge is -2.21. The van der Waals surface area contributed by atoms with Crippen LogP contribution in [-0.2, 0) is 0 Å². The van der Waals surface area contributed by atoms with Crippen molar-refractivity contribution in [3.05, 3.63) is 24.3 Å². The smallest absolute Gasteiger partial charge is 0.321 e. The van der Waals surface area contributed by atoms with Crippen LogP contribution < -0.4 is 10.2 Å². The van der Waals surface area contributed by atoms with Crippen LogP contribution in [-0.4, -0.2) is 49.8 Å². The van der Waals surface area contributed by atoms with Gasteiger partial charge in [-0.05, 0) is 18.6 Å². The molecule has 1 aromatic rings. The van der Waals surface area contributed by atoms with E-state index in [1.165, 1.54) is 0 Å². The maximum absolute atomic E-state index is 12.2. The molecule has 0 aromatic heterocycles. The summed E-state index contributed by atoms with van der Waals surface area (Å²) in [7, 11) is 3.89. The molecular weight excluding hydrogens is 242 g/mol. The molecule has 19 heavy (non-hydrogen) atoms. The molecule has 0 aliphatic carbocycles. The number of para-hydroxylation sites is 2. The van der Waals surface area contributed by atoms with Crippen molar-refractivity contribution in [2.45, 2.75) is 6.42 Å². The molecule has 2 N–H and O–H groups in total. The fourth-order valence-electron chi connectivity index (χ4n) is 2.33. The highest BCUT2D eigenvalue weighted by molar-refractivity contribution is 5.93. The largest absolute Gasteiger partial charge is 0.396 e. The van der Waals surface area contributed by atoms with Gasteiger partial charge in [-0.3, -0.25) is 0 Å². The number of hydrogen-bond donors (Lipinski definition) is 2. The molecule has 1 unspecified atom stereocenters. The minimum atomic E-state index is -0.0924. The van der Waals surface area contributed by atoms with Gasteiger partial charge in [-0.2, -0.15) is 0 Å². The maximum atomic E-state index is 12.2. The predicted molar refractivity (Wildman–Crippen MR) is 76.6 cm³/mol. The van der Waals surface area contributed by atoms with Crippen LogP contribution in [0.3, 0.4) is 0 Å². The van der Waals surface area contributed by atoms with E-state index in [-0.39, 0.29) is 18.6 Å². The summed E-state index contributed by atoms with van der Waals surface area (Å²) in [5.74, 6) is 0.217. The number of aliphatic hydroxyl groups excluding tert-OH is 1. The third-order valence-electron chi connectivity index (χ3n) is 3.46. The molecule has 2 amide bonds. The molecule has 1 saturated heterocycles. The van der Waals surface area contributed by atoms with E-state index < -0.39 is 0 Å². The summed E-state index contributed by atoms with van der Waals surface area (Å²) in [5, 5.41) is 12.0. The number of likely N-dealkylation sites (tertiary alicyclic amines) is 1. The van der Waals surface area contributed by atoms with Crippen LogP contribution in [0.1, 0.15) is 6.42 Å². The first-order valence-corrected chi connectivity index (χ1v) is 6.55. The van der Waals surface area contributed by atoms with Crippen LogP contribution >= 0.6 is 0 Å². The van der Waals surface area contributed by atoms with Gasteiger partial charge in [0.1, 0.15) is 0 Å². The van der Waals surface area contributed by atoms with Crippen molar-refractivity contribution in [2.75, 3.05) is 44.0 Å². The number of carbonyl (C=O) groups is 1. The summed E-state index contributed by atoms with van der Waals surface area (Å²) in [6.45, 7) is 1.49. The molecule has 1 aliphatic rings. The number of rotatable bonds is 3. The second-order valence-electron chi connectivity index (χ2n) is 5.13. The summed E-state index contributed by atoms with van der Waals surface area (Å²) in [6.07, 6.45) is 0.874. The Balaban J connectivity index is 2.03. The fraction of sp³-hybridized carbons (Fsp3) is 0.500. The Morgan fingerprint density at radius 1 is 1.47 bits per heavy atom. The average Bonchev–Trinajstić information content (AvgIpc) is 2.88. The molecular formula is C14H21N3O2. The number of amides is 2. The van der Waals surface area contributed by atoms with Crippen LogP contribution in [0.15, 0.2) is 24.3 Å². The second kappa shape index (κ2) is 5.93. The highest BCUT2D eigenvalue weighted by Gasteiger charge is 2.25. The first-order chi connectivity index (χ1) is 9.11. The number of aliphatic hydroxyl groups is 1. The van der Waals surface area contributed by atoms with Gasteiger partial charge in [-0.25, -0.2) is 4.79 Å². The topological polar surface area (TPSA) is 55.8 Å². The van der Waals surface area contributed by atoms with Gasteiger partial charge in [0.25, 0.3) is 0 Å². The normalized spacial score (nSPS) is 18.5. The number of benzene rings is 1. The van der Waals surface area contributed by atoms with Gasteiger partial charge < -0.3 is 20.2 Å². The average molecular weight is 263 g/mol.